The van der Waals surface area contributed by atoms with E-state index >= 15 is 0 Å². The molecule has 5 heteroatoms. The standard InChI is InChI=1S/C21H22F2N2O/c1-4-21(16-8-6-5-7-9-16)13-15(14-25(21)20(26)24(2)3)18-12-17(22)10-11-19(18)23/h5-13H,4,14H2,1-3H3. The van der Waals surface area contributed by atoms with Crippen molar-refractivity contribution in [3.8, 4) is 0 Å². The molecule has 1 heterocycles. The van der Waals surface area contributed by atoms with E-state index in [2.05, 4.69) is 0 Å². The zero-order valence-corrected chi connectivity index (χ0v) is 15.2. The molecule has 3 nitrogen and oxygen atoms in total. The van der Waals surface area contributed by atoms with Crippen LogP contribution in [0.4, 0.5) is 13.6 Å². The average molecular weight is 356 g/mol. The number of amides is 2. The Labute approximate surface area is 152 Å². The van der Waals surface area contributed by atoms with Crippen LogP contribution in [0.15, 0.2) is 54.6 Å². The number of halogens is 2. The van der Waals surface area contributed by atoms with Gasteiger partial charge in [-0.05, 0) is 41.8 Å². The van der Waals surface area contributed by atoms with Gasteiger partial charge in [0.05, 0.1) is 5.54 Å². The van der Waals surface area contributed by atoms with Crippen LogP contribution >= 0.6 is 0 Å². The van der Waals surface area contributed by atoms with Crippen molar-refractivity contribution >= 4 is 11.6 Å². The second kappa shape index (κ2) is 6.90. The second-order valence-corrected chi connectivity index (χ2v) is 6.70. The van der Waals surface area contributed by atoms with Crippen LogP contribution in [0.2, 0.25) is 0 Å². The van der Waals surface area contributed by atoms with Crippen LogP contribution in [0, 0.1) is 11.6 Å². The summed E-state index contributed by atoms with van der Waals surface area (Å²) in [6, 6.07) is 12.9. The number of nitrogens with zero attached hydrogens (tertiary/aromatic N) is 2. The van der Waals surface area contributed by atoms with Crippen molar-refractivity contribution in [1.29, 1.82) is 0 Å². The van der Waals surface area contributed by atoms with E-state index in [1.165, 1.54) is 11.0 Å². The molecule has 0 saturated carbocycles. The SMILES string of the molecule is CCC1(c2ccccc2)C=C(c2cc(F)ccc2F)CN1C(=O)N(C)C. The minimum absolute atomic E-state index is 0.168. The quantitative estimate of drug-likeness (QED) is 0.785. The van der Waals surface area contributed by atoms with Crippen molar-refractivity contribution in [2.24, 2.45) is 0 Å². The molecule has 0 radical (unpaired) electrons. The highest BCUT2D eigenvalue weighted by Crippen LogP contribution is 2.43. The van der Waals surface area contributed by atoms with Crippen LogP contribution in [0.25, 0.3) is 5.57 Å². The lowest BCUT2D eigenvalue weighted by Crippen LogP contribution is -2.49. The first-order valence-corrected chi connectivity index (χ1v) is 8.60. The fraction of sp³-hybridized carbons (Fsp3) is 0.286. The number of rotatable bonds is 3. The number of hydrogen-bond acceptors (Lipinski definition) is 1. The van der Waals surface area contributed by atoms with Gasteiger partial charge in [0.1, 0.15) is 11.6 Å². The zero-order chi connectivity index (χ0) is 18.9. The molecule has 136 valence electrons. The summed E-state index contributed by atoms with van der Waals surface area (Å²) in [6.45, 7) is 2.21. The maximum absolute atomic E-state index is 14.3. The Morgan fingerprint density at radius 3 is 2.46 bits per heavy atom. The first kappa shape index (κ1) is 18.1. The van der Waals surface area contributed by atoms with Crippen molar-refractivity contribution < 1.29 is 13.6 Å². The lowest BCUT2D eigenvalue weighted by atomic mass is 9.86. The van der Waals surface area contributed by atoms with Gasteiger partial charge in [0.15, 0.2) is 0 Å². The number of hydrogen-bond donors (Lipinski definition) is 0. The first-order chi connectivity index (χ1) is 12.4. The molecule has 1 aliphatic rings. The molecule has 26 heavy (non-hydrogen) atoms. The summed E-state index contributed by atoms with van der Waals surface area (Å²) in [4.78, 5) is 16.1. The second-order valence-electron chi connectivity index (χ2n) is 6.70. The third-order valence-electron chi connectivity index (χ3n) is 4.92. The summed E-state index contributed by atoms with van der Waals surface area (Å²) in [5.74, 6) is -0.989. The number of carbonyl (C=O) groups is 1. The van der Waals surface area contributed by atoms with Gasteiger partial charge in [-0.1, -0.05) is 37.3 Å². The highest BCUT2D eigenvalue weighted by atomic mass is 19.1. The zero-order valence-electron chi connectivity index (χ0n) is 15.2. The number of benzene rings is 2. The van der Waals surface area contributed by atoms with Crippen molar-refractivity contribution in [3.05, 3.63) is 77.4 Å². The monoisotopic (exact) mass is 356 g/mol. The molecule has 1 unspecified atom stereocenters. The Hall–Kier alpha value is -2.69. The predicted molar refractivity (Wildman–Crippen MR) is 98.5 cm³/mol. The van der Waals surface area contributed by atoms with Gasteiger partial charge in [-0.15, -0.1) is 0 Å². The van der Waals surface area contributed by atoms with E-state index in [4.69, 9.17) is 0 Å². The van der Waals surface area contributed by atoms with E-state index in [9.17, 15) is 13.6 Å². The largest absolute Gasteiger partial charge is 0.331 e. The molecule has 2 aromatic carbocycles. The highest BCUT2D eigenvalue weighted by molar-refractivity contribution is 5.83. The van der Waals surface area contributed by atoms with Gasteiger partial charge < -0.3 is 9.80 Å². The molecule has 0 fully saturated rings. The molecule has 1 aliphatic heterocycles. The Bertz CT molecular complexity index is 848. The average Bonchev–Trinajstić information content (AvgIpc) is 3.04. The van der Waals surface area contributed by atoms with Crippen LogP contribution in [-0.2, 0) is 5.54 Å². The lowest BCUT2D eigenvalue weighted by molar-refractivity contribution is 0.134. The molecule has 0 saturated heterocycles. The third-order valence-corrected chi connectivity index (χ3v) is 4.92. The third kappa shape index (κ3) is 2.98. The molecule has 0 aromatic heterocycles. The molecule has 3 rings (SSSR count). The van der Waals surface area contributed by atoms with Gasteiger partial charge in [0.25, 0.3) is 0 Å². The summed E-state index contributed by atoms with van der Waals surface area (Å²) < 4.78 is 28.0. The van der Waals surface area contributed by atoms with Crippen molar-refractivity contribution in [2.75, 3.05) is 20.6 Å². The van der Waals surface area contributed by atoms with Crippen LogP contribution in [0.5, 0.6) is 0 Å². The summed E-state index contributed by atoms with van der Waals surface area (Å²) in [7, 11) is 3.38. The van der Waals surface area contributed by atoms with E-state index in [1.807, 2.05) is 43.3 Å². The number of carbonyl (C=O) groups excluding carboxylic acids is 1. The Kier molecular flexibility index (Phi) is 4.81. The van der Waals surface area contributed by atoms with Crippen LogP contribution < -0.4 is 0 Å². The van der Waals surface area contributed by atoms with E-state index in [1.54, 1.807) is 19.0 Å². The van der Waals surface area contributed by atoms with Crippen molar-refractivity contribution in [2.45, 2.75) is 18.9 Å². The molecule has 0 bridgehead atoms. The molecule has 0 spiro atoms. The van der Waals surface area contributed by atoms with E-state index in [-0.39, 0.29) is 18.1 Å². The van der Waals surface area contributed by atoms with Gasteiger partial charge >= 0.3 is 6.03 Å². The topological polar surface area (TPSA) is 23.6 Å². The summed E-state index contributed by atoms with van der Waals surface area (Å²) >= 11 is 0. The van der Waals surface area contributed by atoms with Gasteiger partial charge in [-0.2, -0.15) is 0 Å². The van der Waals surface area contributed by atoms with E-state index in [0.717, 1.165) is 17.7 Å². The molecule has 2 amide bonds. The van der Waals surface area contributed by atoms with E-state index < -0.39 is 17.2 Å². The fourth-order valence-electron chi connectivity index (χ4n) is 3.57. The van der Waals surface area contributed by atoms with Crippen LogP contribution in [0.1, 0.15) is 24.5 Å². The summed E-state index contributed by atoms with van der Waals surface area (Å²) in [5.41, 5.74) is 1.07. The Morgan fingerprint density at radius 2 is 1.85 bits per heavy atom. The Balaban J connectivity index is 2.17. The lowest BCUT2D eigenvalue weighted by Gasteiger charge is -2.39. The van der Waals surface area contributed by atoms with Crippen LogP contribution in [-0.4, -0.2) is 36.5 Å². The first-order valence-electron chi connectivity index (χ1n) is 8.60. The normalized spacial score (nSPS) is 19.4. The summed E-state index contributed by atoms with van der Waals surface area (Å²) in [5, 5.41) is 0. The minimum atomic E-state index is -0.698. The predicted octanol–water partition coefficient (Wildman–Crippen LogP) is 4.65. The maximum atomic E-state index is 14.3. The molecule has 0 N–H and O–H groups in total. The minimum Gasteiger partial charge on any atom is -0.331 e. The number of urea groups is 1. The van der Waals surface area contributed by atoms with Gasteiger partial charge in [-0.25, -0.2) is 13.6 Å². The molecular weight excluding hydrogens is 334 g/mol. The molecular formula is C21H22F2N2O. The molecule has 1 atom stereocenters. The molecule has 0 aliphatic carbocycles. The van der Waals surface area contributed by atoms with Gasteiger partial charge in [0, 0.05) is 26.2 Å². The van der Waals surface area contributed by atoms with Gasteiger partial charge in [-0.3, -0.25) is 0 Å². The van der Waals surface area contributed by atoms with E-state index in [0.29, 0.717) is 12.0 Å². The van der Waals surface area contributed by atoms with Crippen molar-refractivity contribution in [1.82, 2.24) is 9.80 Å². The molecule has 2 aromatic rings. The van der Waals surface area contributed by atoms with Gasteiger partial charge in [0.2, 0.25) is 0 Å². The van der Waals surface area contributed by atoms with Crippen molar-refractivity contribution in [3.63, 3.8) is 0 Å². The Morgan fingerprint density at radius 1 is 1.15 bits per heavy atom. The maximum Gasteiger partial charge on any atom is 0.320 e. The smallest absolute Gasteiger partial charge is 0.320 e. The van der Waals surface area contributed by atoms with Crippen LogP contribution in [0.3, 0.4) is 0 Å². The fourth-order valence-corrected chi connectivity index (χ4v) is 3.57. The highest BCUT2D eigenvalue weighted by Gasteiger charge is 2.44. The summed E-state index contributed by atoms with van der Waals surface area (Å²) in [6.07, 6.45) is 2.53.